The molecule has 3 aromatic rings. The number of fused-ring (bicyclic) bond motifs is 1. The molecule has 140 valence electrons. The van der Waals surface area contributed by atoms with E-state index in [4.69, 9.17) is 4.74 Å². The van der Waals surface area contributed by atoms with Crippen LogP contribution in [0.1, 0.15) is 16.7 Å². The maximum absolute atomic E-state index is 12.4. The SMILES string of the molecule is COc1ccc2cc(CN(C)CC(=O)Nc3cccc(C)c3C)ccc2c1. The third-order valence-electron chi connectivity index (χ3n) is 4.86. The Morgan fingerprint density at radius 3 is 2.56 bits per heavy atom. The van der Waals surface area contributed by atoms with Crippen LogP contribution < -0.4 is 10.1 Å². The number of likely N-dealkylation sites (N-methyl/N-ethyl adjacent to an activating group) is 1. The molecule has 0 aliphatic heterocycles. The van der Waals surface area contributed by atoms with Gasteiger partial charge in [-0.2, -0.15) is 0 Å². The van der Waals surface area contributed by atoms with Crippen molar-refractivity contribution in [3.63, 3.8) is 0 Å². The number of hydrogen-bond donors (Lipinski definition) is 1. The lowest BCUT2D eigenvalue weighted by molar-refractivity contribution is -0.117. The second-order valence-electron chi connectivity index (χ2n) is 7.02. The second-order valence-corrected chi connectivity index (χ2v) is 7.02. The number of hydrogen-bond acceptors (Lipinski definition) is 3. The molecule has 0 radical (unpaired) electrons. The molecule has 0 unspecified atom stereocenters. The van der Waals surface area contributed by atoms with Gasteiger partial charge in [0.15, 0.2) is 0 Å². The zero-order chi connectivity index (χ0) is 19.4. The van der Waals surface area contributed by atoms with Gasteiger partial charge in [-0.3, -0.25) is 9.69 Å². The third kappa shape index (κ3) is 4.66. The lowest BCUT2D eigenvalue weighted by atomic mass is 10.1. The molecule has 0 bridgehead atoms. The van der Waals surface area contributed by atoms with E-state index < -0.39 is 0 Å². The Bertz CT molecular complexity index is 966. The van der Waals surface area contributed by atoms with Gasteiger partial charge in [0.1, 0.15) is 5.75 Å². The fourth-order valence-electron chi connectivity index (χ4n) is 3.19. The minimum atomic E-state index is -0.00303. The number of rotatable bonds is 6. The molecular weight excluding hydrogens is 336 g/mol. The summed E-state index contributed by atoms with van der Waals surface area (Å²) in [5.74, 6) is 0.854. The molecule has 1 N–H and O–H groups in total. The number of methoxy groups -OCH3 is 1. The van der Waals surface area contributed by atoms with Gasteiger partial charge in [-0.1, -0.05) is 30.3 Å². The van der Waals surface area contributed by atoms with Crippen LogP contribution in [0.4, 0.5) is 5.69 Å². The predicted molar refractivity (Wildman–Crippen MR) is 111 cm³/mol. The van der Waals surface area contributed by atoms with Crippen LogP contribution in [0, 0.1) is 13.8 Å². The summed E-state index contributed by atoms with van der Waals surface area (Å²) in [5.41, 5.74) is 4.34. The monoisotopic (exact) mass is 362 g/mol. The van der Waals surface area contributed by atoms with Crippen molar-refractivity contribution in [1.29, 1.82) is 0 Å². The summed E-state index contributed by atoms with van der Waals surface area (Å²) in [7, 11) is 3.63. The first-order chi connectivity index (χ1) is 13.0. The minimum absolute atomic E-state index is 0.00303. The van der Waals surface area contributed by atoms with Crippen LogP contribution in [0.15, 0.2) is 54.6 Å². The summed E-state index contributed by atoms with van der Waals surface area (Å²) in [4.78, 5) is 14.4. The molecule has 0 saturated heterocycles. The highest BCUT2D eigenvalue weighted by Gasteiger charge is 2.10. The van der Waals surface area contributed by atoms with Crippen molar-refractivity contribution < 1.29 is 9.53 Å². The summed E-state index contributed by atoms with van der Waals surface area (Å²) in [6, 6.07) is 18.4. The maximum Gasteiger partial charge on any atom is 0.238 e. The number of anilines is 1. The van der Waals surface area contributed by atoms with Crippen LogP contribution in [-0.2, 0) is 11.3 Å². The molecule has 1 amide bonds. The average molecular weight is 362 g/mol. The molecule has 0 aliphatic rings. The van der Waals surface area contributed by atoms with Gasteiger partial charge in [-0.05, 0) is 72.6 Å². The van der Waals surface area contributed by atoms with E-state index in [1.54, 1.807) is 7.11 Å². The van der Waals surface area contributed by atoms with Gasteiger partial charge in [0.05, 0.1) is 13.7 Å². The second kappa shape index (κ2) is 8.23. The number of carbonyl (C=O) groups excluding carboxylic acids is 1. The van der Waals surface area contributed by atoms with E-state index in [2.05, 4.69) is 29.6 Å². The highest BCUT2D eigenvalue weighted by atomic mass is 16.5. The summed E-state index contributed by atoms with van der Waals surface area (Å²) < 4.78 is 5.27. The zero-order valence-corrected chi connectivity index (χ0v) is 16.4. The number of nitrogens with zero attached hydrogens (tertiary/aromatic N) is 1. The Balaban J connectivity index is 1.63. The van der Waals surface area contributed by atoms with Crippen LogP contribution in [0.5, 0.6) is 5.75 Å². The van der Waals surface area contributed by atoms with Gasteiger partial charge in [-0.25, -0.2) is 0 Å². The average Bonchev–Trinajstić information content (AvgIpc) is 2.64. The molecule has 0 aliphatic carbocycles. The summed E-state index contributed by atoms with van der Waals surface area (Å²) in [6.07, 6.45) is 0. The molecule has 27 heavy (non-hydrogen) atoms. The highest BCUT2D eigenvalue weighted by molar-refractivity contribution is 5.93. The molecule has 3 aromatic carbocycles. The molecule has 0 heterocycles. The van der Waals surface area contributed by atoms with Crippen LogP contribution in [-0.4, -0.2) is 31.5 Å². The van der Waals surface area contributed by atoms with Gasteiger partial charge in [0, 0.05) is 12.2 Å². The normalized spacial score (nSPS) is 11.0. The summed E-state index contributed by atoms with van der Waals surface area (Å²) >= 11 is 0. The van der Waals surface area contributed by atoms with Gasteiger partial charge in [-0.15, -0.1) is 0 Å². The van der Waals surface area contributed by atoms with E-state index >= 15 is 0 Å². The number of aryl methyl sites for hydroxylation is 1. The van der Waals surface area contributed by atoms with Crippen LogP contribution in [0.3, 0.4) is 0 Å². The fourth-order valence-corrected chi connectivity index (χ4v) is 3.19. The number of carbonyl (C=O) groups is 1. The van der Waals surface area contributed by atoms with E-state index in [0.717, 1.165) is 22.4 Å². The fraction of sp³-hybridized carbons (Fsp3) is 0.261. The third-order valence-corrected chi connectivity index (χ3v) is 4.86. The van der Waals surface area contributed by atoms with Crippen molar-refractivity contribution in [2.24, 2.45) is 0 Å². The summed E-state index contributed by atoms with van der Waals surface area (Å²) in [5, 5.41) is 5.33. The lowest BCUT2D eigenvalue weighted by Crippen LogP contribution is -2.30. The molecule has 0 spiro atoms. The van der Waals surface area contributed by atoms with Gasteiger partial charge in [0.25, 0.3) is 0 Å². The number of nitrogens with one attached hydrogen (secondary N) is 1. The first-order valence-corrected chi connectivity index (χ1v) is 9.07. The highest BCUT2D eigenvalue weighted by Crippen LogP contribution is 2.22. The first-order valence-electron chi connectivity index (χ1n) is 9.07. The maximum atomic E-state index is 12.4. The molecule has 0 atom stereocenters. The molecule has 0 fully saturated rings. The summed E-state index contributed by atoms with van der Waals surface area (Å²) in [6.45, 7) is 5.13. The Kier molecular flexibility index (Phi) is 5.77. The van der Waals surface area contributed by atoms with Crippen molar-refractivity contribution >= 4 is 22.4 Å². The number of amides is 1. The van der Waals surface area contributed by atoms with E-state index in [9.17, 15) is 4.79 Å². The topological polar surface area (TPSA) is 41.6 Å². The van der Waals surface area contributed by atoms with Crippen molar-refractivity contribution in [3.05, 3.63) is 71.3 Å². The van der Waals surface area contributed by atoms with E-state index in [1.807, 2.05) is 56.1 Å². The van der Waals surface area contributed by atoms with Gasteiger partial charge >= 0.3 is 0 Å². The Hall–Kier alpha value is -2.85. The quantitative estimate of drug-likeness (QED) is 0.700. The molecule has 4 nitrogen and oxygen atoms in total. The Morgan fingerprint density at radius 1 is 1.04 bits per heavy atom. The zero-order valence-electron chi connectivity index (χ0n) is 16.4. The van der Waals surface area contributed by atoms with Crippen molar-refractivity contribution in [1.82, 2.24) is 4.90 Å². The van der Waals surface area contributed by atoms with Crippen LogP contribution in [0.2, 0.25) is 0 Å². The number of benzene rings is 3. The molecule has 4 heteroatoms. The lowest BCUT2D eigenvalue weighted by Gasteiger charge is -2.18. The van der Waals surface area contributed by atoms with Crippen LogP contribution >= 0.6 is 0 Å². The smallest absolute Gasteiger partial charge is 0.238 e. The molecule has 3 rings (SSSR count). The minimum Gasteiger partial charge on any atom is -0.497 e. The molecule has 0 saturated carbocycles. The van der Waals surface area contributed by atoms with Gasteiger partial charge in [0.2, 0.25) is 5.91 Å². The Morgan fingerprint density at radius 2 is 1.78 bits per heavy atom. The number of ether oxygens (including phenoxy) is 1. The largest absolute Gasteiger partial charge is 0.497 e. The van der Waals surface area contributed by atoms with Gasteiger partial charge < -0.3 is 10.1 Å². The first kappa shape index (κ1) is 18.9. The van der Waals surface area contributed by atoms with Crippen LogP contribution in [0.25, 0.3) is 10.8 Å². The van der Waals surface area contributed by atoms with E-state index in [1.165, 1.54) is 16.5 Å². The van der Waals surface area contributed by atoms with Crippen molar-refractivity contribution in [3.8, 4) is 5.75 Å². The van der Waals surface area contributed by atoms with Crippen molar-refractivity contribution in [2.75, 3.05) is 26.0 Å². The molecular formula is C23H26N2O2. The molecule has 0 aromatic heterocycles. The van der Waals surface area contributed by atoms with E-state index in [0.29, 0.717) is 13.1 Å². The van der Waals surface area contributed by atoms with E-state index in [-0.39, 0.29) is 5.91 Å². The predicted octanol–water partition coefficient (Wildman–Crippen LogP) is 4.54. The standard InChI is InChI=1S/C23H26N2O2/c1-16-6-5-7-22(17(16)2)24-23(26)15-25(3)14-18-8-9-20-13-21(27-4)11-10-19(20)12-18/h5-13H,14-15H2,1-4H3,(H,24,26). The Labute approximate surface area is 160 Å². The van der Waals surface area contributed by atoms with Crippen molar-refractivity contribution in [2.45, 2.75) is 20.4 Å².